The Labute approximate surface area is 244 Å². The molecule has 0 aromatic heterocycles. The number of carbonyl (C=O) groups is 2. The molecule has 1 aliphatic rings. The average molecular weight is 602 g/mol. The summed E-state index contributed by atoms with van der Waals surface area (Å²) in [7, 11) is 0. The molecule has 0 saturated heterocycles. The molecule has 1 heterocycles. The van der Waals surface area contributed by atoms with E-state index in [1.54, 1.807) is 47.4 Å². The highest BCUT2D eigenvalue weighted by Crippen LogP contribution is 2.51. The Kier molecular flexibility index (Phi) is 10.1. The number of fused-ring (bicyclic) bond motifs is 1. The summed E-state index contributed by atoms with van der Waals surface area (Å²) in [6.45, 7) is 1.23. The molecule has 0 fully saturated rings. The monoisotopic (exact) mass is 601 g/mol. The van der Waals surface area contributed by atoms with Crippen LogP contribution in [0.25, 0.3) is 0 Å². The minimum atomic E-state index is -3.54. The molecule has 8 nitrogen and oxygen atoms in total. The molecule has 0 aliphatic carbocycles. The van der Waals surface area contributed by atoms with Gasteiger partial charge in [-0.15, -0.1) is 0 Å². The fourth-order valence-corrected chi connectivity index (χ4v) is 6.34. The normalized spacial score (nSPS) is 16.5. The number of aryl methyl sites for hydroxylation is 2. The van der Waals surface area contributed by atoms with Crippen LogP contribution >= 0.6 is 18.3 Å². The van der Waals surface area contributed by atoms with E-state index >= 15 is 0 Å². The highest BCUT2D eigenvalue weighted by Gasteiger charge is 2.32. The molecule has 0 saturated carbocycles. The van der Waals surface area contributed by atoms with Gasteiger partial charge >= 0.3 is 6.72 Å². The largest absolute Gasteiger partial charge is 0.330 e. The van der Waals surface area contributed by atoms with Gasteiger partial charge in [0.25, 0.3) is 11.8 Å². The number of benzene rings is 3. The minimum Gasteiger partial charge on any atom is -0.330 e. The summed E-state index contributed by atoms with van der Waals surface area (Å²) in [5.74, 6) is -0.404. The van der Waals surface area contributed by atoms with Gasteiger partial charge in [0.05, 0.1) is 12.7 Å². The summed E-state index contributed by atoms with van der Waals surface area (Å²) in [5.41, 5.74) is 10.1. The third-order valence-electron chi connectivity index (χ3n) is 6.69. The van der Waals surface area contributed by atoms with Gasteiger partial charge in [-0.05, 0) is 105 Å². The second-order valence-electron chi connectivity index (χ2n) is 9.64. The standard InChI is InChI=1S/C29H33ClN3O5PS/c1-19-7-3-4-8-23(19)28(34)32-22-11-12-24(20(2)17-22)29(35)33-15-5-9-27(25-18-21(30)10-13-26(25)33)38-39(36,40)37-16-6-14-31/h3-4,7-8,10-13,17-18,27H,5-6,9,14-16,31H2,1-2H3,(H,32,34)(H,36,40). The molecule has 0 spiro atoms. The zero-order valence-corrected chi connectivity index (χ0v) is 24.9. The van der Waals surface area contributed by atoms with E-state index in [0.29, 0.717) is 65.4 Å². The molecule has 3 aromatic carbocycles. The van der Waals surface area contributed by atoms with Crippen LogP contribution in [0.4, 0.5) is 11.4 Å². The molecule has 4 N–H and O–H groups in total. The number of carbonyl (C=O) groups excluding carboxylic acids is 2. The second-order valence-corrected chi connectivity index (χ2v) is 12.9. The summed E-state index contributed by atoms with van der Waals surface area (Å²) >= 11 is 11.6. The molecule has 2 atom stereocenters. The molecule has 11 heteroatoms. The second kappa shape index (κ2) is 13.4. The van der Waals surface area contributed by atoms with E-state index in [9.17, 15) is 14.5 Å². The van der Waals surface area contributed by atoms with E-state index in [0.717, 1.165) is 11.1 Å². The van der Waals surface area contributed by atoms with Crippen LogP contribution in [-0.2, 0) is 20.9 Å². The van der Waals surface area contributed by atoms with Crippen molar-refractivity contribution in [2.45, 2.75) is 39.2 Å². The first kappa shape index (κ1) is 30.3. The molecule has 0 radical (unpaired) electrons. The van der Waals surface area contributed by atoms with Crippen molar-refractivity contribution in [2.75, 3.05) is 29.9 Å². The average Bonchev–Trinajstić information content (AvgIpc) is 3.07. The smallest absolute Gasteiger partial charge is 0.325 e. The first-order chi connectivity index (χ1) is 19.1. The van der Waals surface area contributed by atoms with E-state index in [1.807, 2.05) is 32.0 Å². The fraction of sp³-hybridized carbons (Fsp3) is 0.310. The highest BCUT2D eigenvalue weighted by molar-refractivity contribution is 8.07. The van der Waals surface area contributed by atoms with Crippen molar-refractivity contribution in [2.24, 2.45) is 5.73 Å². The van der Waals surface area contributed by atoms with E-state index in [1.165, 1.54) is 0 Å². The third kappa shape index (κ3) is 7.36. The van der Waals surface area contributed by atoms with Crippen molar-refractivity contribution in [3.63, 3.8) is 0 Å². The van der Waals surface area contributed by atoms with Crippen LogP contribution in [0.15, 0.2) is 60.7 Å². The molecule has 4 rings (SSSR count). The Bertz CT molecular complexity index is 1450. The zero-order chi connectivity index (χ0) is 28.9. The van der Waals surface area contributed by atoms with Crippen LogP contribution in [0.1, 0.15) is 62.8 Å². The summed E-state index contributed by atoms with van der Waals surface area (Å²) in [4.78, 5) is 39.0. The number of rotatable bonds is 9. The number of halogens is 1. The van der Waals surface area contributed by atoms with Crippen LogP contribution in [0.2, 0.25) is 5.02 Å². The van der Waals surface area contributed by atoms with E-state index in [4.69, 9.17) is 38.2 Å². The van der Waals surface area contributed by atoms with Crippen LogP contribution in [-0.4, -0.2) is 36.4 Å². The van der Waals surface area contributed by atoms with Gasteiger partial charge in [-0.1, -0.05) is 29.8 Å². The number of hydrogen-bond donors (Lipinski definition) is 3. The van der Waals surface area contributed by atoms with Gasteiger partial charge in [-0.2, -0.15) is 0 Å². The third-order valence-corrected chi connectivity index (χ3v) is 8.53. The van der Waals surface area contributed by atoms with Crippen molar-refractivity contribution in [1.29, 1.82) is 0 Å². The fourth-order valence-electron chi connectivity index (χ4n) is 4.67. The SMILES string of the molecule is Cc1ccccc1C(=O)Nc1ccc(C(=O)N2CCCC(OP(O)(=S)OCCCN)c3cc(Cl)ccc32)c(C)c1. The van der Waals surface area contributed by atoms with E-state index < -0.39 is 12.8 Å². The number of nitrogens with one attached hydrogen (secondary N) is 1. The van der Waals surface area contributed by atoms with Gasteiger partial charge < -0.3 is 29.9 Å². The van der Waals surface area contributed by atoms with Gasteiger partial charge in [-0.3, -0.25) is 9.59 Å². The highest BCUT2D eigenvalue weighted by atomic mass is 35.5. The van der Waals surface area contributed by atoms with E-state index in [2.05, 4.69) is 5.32 Å². The number of nitrogens with zero attached hydrogens (tertiary/aromatic N) is 1. The maximum atomic E-state index is 13.9. The molecule has 2 unspecified atom stereocenters. The predicted molar refractivity (Wildman–Crippen MR) is 163 cm³/mol. The lowest BCUT2D eigenvalue weighted by atomic mass is 10.0. The molecular weight excluding hydrogens is 569 g/mol. The van der Waals surface area contributed by atoms with Crippen molar-refractivity contribution >= 4 is 53.3 Å². The van der Waals surface area contributed by atoms with Gasteiger partial charge in [0.15, 0.2) is 0 Å². The first-order valence-corrected chi connectivity index (χ1v) is 16.0. The lowest BCUT2D eigenvalue weighted by Crippen LogP contribution is -2.32. The van der Waals surface area contributed by atoms with Gasteiger partial charge in [0.1, 0.15) is 0 Å². The lowest BCUT2D eigenvalue weighted by Gasteiger charge is -2.26. The summed E-state index contributed by atoms with van der Waals surface area (Å²) in [6, 6.07) is 17.8. The maximum Gasteiger partial charge on any atom is 0.325 e. The van der Waals surface area contributed by atoms with Crippen LogP contribution in [0.3, 0.4) is 0 Å². The number of amides is 2. The Morgan fingerprint density at radius 1 is 1.12 bits per heavy atom. The topological polar surface area (TPSA) is 114 Å². The molecule has 0 bridgehead atoms. The predicted octanol–water partition coefficient (Wildman–Crippen LogP) is 6.29. The molecule has 40 heavy (non-hydrogen) atoms. The maximum absolute atomic E-state index is 13.9. The molecule has 212 valence electrons. The number of hydrogen-bond acceptors (Lipinski definition) is 6. The van der Waals surface area contributed by atoms with Crippen molar-refractivity contribution < 1.29 is 23.5 Å². The van der Waals surface area contributed by atoms with Gasteiger partial charge in [-0.25, -0.2) is 0 Å². The van der Waals surface area contributed by atoms with Gasteiger partial charge in [0, 0.05) is 39.6 Å². The Morgan fingerprint density at radius 3 is 2.62 bits per heavy atom. The molecule has 3 aromatic rings. The Hall–Kier alpha value is -2.62. The summed E-state index contributed by atoms with van der Waals surface area (Å²) in [6.07, 6.45) is 1.06. The van der Waals surface area contributed by atoms with Gasteiger partial charge in [0.2, 0.25) is 0 Å². The van der Waals surface area contributed by atoms with Crippen LogP contribution in [0, 0.1) is 13.8 Å². The van der Waals surface area contributed by atoms with E-state index in [-0.39, 0.29) is 18.4 Å². The Morgan fingerprint density at radius 2 is 1.90 bits per heavy atom. The lowest BCUT2D eigenvalue weighted by molar-refractivity contribution is 0.0984. The van der Waals surface area contributed by atoms with Crippen LogP contribution in [0.5, 0.6) is 0 Å². The molecule has 2 amide bonds. The van der Waals surface area contributed by atoms with Crippen molar-refractivity contribution in [1.82, 2.24) is 0 Å². The summed E-state index contributed by atoms with van der Waals surface area (Å²) in [5, 5.41) is 3.39. The number of nitrogens with two attached hydrogens (primary N) is 1. The summed E-state index contributed by atoms with van der Waals surface area (Å²) < 4.78 is 11.4. The number of anilines is 2. The Balaban J connectivity index is 1.57. The quantitative estimate of drug-likeness (QED) is 0.195. The molecular formula is C29H33ClN3O5PS. The zero-order valence-electron chi connectivity index (χ0n) is 22.4. The molecule has 1 aliphatic heterocycles. The first-order valence-electron chi connectivity index (χ1n) is 13.0. The minimum absolute atomic E-state index is 0.193. The van der Waals surface area contributed by atoms with Crippen molar-refractivity contribution in [3.8, 4) is 0 Å². The van der Waals surface area contributed by atoms with Crippen molar-refractivity contribution in [3.05, 3.63) is 93.5 Å². The van der Waals surface area contributed by atoms with Crippen LogP contribution < -0.4 is 16.0 Å².